The molecule has 0 aromatic carbocycles. The molecule has 1 aromatic heterocycles. The quantitative estimate of drug-likeness (QED) is 0.696. The highest BCUT2D eigenvalue weighted by Gasteiger charge is 2.15. The van der Waals surface area contributed by atoms with Gasteiger partial charge in [-0.1, -0.05) is 6.92 Å². The first-order valence-electron chi connectivity index (χ1n) is 7.96. The van der Waals surface area contributed by atoms with E-state index in [1.807, 2.05) is 27.7 Å². The highest BCUT2D eigenvalue weighted by molar-refractivity contribution is 5.67. The summed E-state index contributed by atoms with van der Waals surface area (Å²) >= 11 is 0. The van der Waals surface area contributed by atoms with Crippen molar-refractivity contribution in [3.63, 3.8) is 0 Å². The van der Waals surface area contributed by atoms with Crippen molar-refractivity contribution < 1.29 is 14.3 Å². The van der Waals surface area contributed by atoms with Gasteiger partial charge in [-0.05, 0) is 44.6 Å². The minimum absolute atomic E-state index is 0.0483. The number of amides is 1. The van der Waals surface area contributed by atoms with Crippen molar-refractivity contribution in [3.8, 4) is 5.75 Å². The molecule has 1 N–H and O–H groups in total. The Labute approximate surface area is 142 Å². The van der Waals surface area contributed by atoms with Gasteiger partial charge in [-0.25, -0.2) is 9.78 Å². The van der Waals surface area contributed by atoms with Crippen molar-refractivity contribution in [3.05, 3.63) is 23.2 Å². The van der Waals surface area contributed by atoms with Crippen molar-refractivity contribution in [2.75, 3.05) is 32.8 Å². The van der Waals surface area contributed by atoms with Crippen molar-refractivity contribution in [2.45, 2.75) is 33.3 Å². The van der Waals surface area contributed by atoms with Crippen LogP contribution in [0.25, 0.3) is 0 Å². The molecule has 8 nitrogen and oxygen atoms in total. The van der Waals surface area contributed by atoms with Gasteiger partial charge in [0.1, 0.15) is 12.2 Å². The fourth-order valence-corrected chi connectivity index (χ4v) is 1.91. The van der Waals surface area contributed by atoms with Gasteiger partial charge in [-0.15, -0.1) is 4.91 Å². The van der Waals surface area contributed by atoms with Gasteiger partial charge < -0.3 is 14.8 Å². The molecule has 0 saturated heterocycles. The van der Waals surface area contributed by atoms with Gasteiger partial charge in [0.25, 0.3) is 0 Å². The van der Waals surface area contributed by atoms with Crippen LogP contribution in [0.2, 0.25) is 0 Å². The predicted molar refractivity (Wildman–Crippen MR) is 91.5 cm³/mol. The number of rotatable bonds is 9. The Bertz CT molecular complexity index is 531. The van der Waals surface area contributed by atoms with Crippen molar-refractivity contribution in [1.82, 2.24) is 15.2 Å². The number of carbonyl (C=O) groups excluding carboxylic acids is 1. The molecule has 0 fully saturated rings. The number of likely N-dealkylation sites (N-methyl/N-ethyl adjacent to an activating group) is 1. The van der Waals surface area contributed by atoms with Gasteiger partial charge in [0.05, 0.1) is 0 Å². The fraction of sp³-hybridized carbons (Fsp3) is 0.625. The maximum Gasteiger partial charge on any atom is 0.407 e. The summed E-state index contributed by atoms with van der Waals surface area (Å²) in [7, 11) is 0. The topological polar surface area (TPSA) is 93.1 Å². The number of alkyl carbamates (subject to hydrolysis) is 1. The summed E-state index contributed by atoms with van der Waals surface area (Å²) in [4.78, 5) is 28.2. The van der Waals surface area contributed by atoms with Gasteiger partial charge >= 0.3 is 6.09 Å². The molecule has 0 atom stereocenters. The van der Waals surface area contributed by atoms with Crippen molar-refractivity contribution in [2.24, 2.45) is 5.18 Å². The number of pyridine rings is 1. The summed E-state index contributed by atoms with van der Waals surface area (Å²) in [6, 6.07) is 3.34. The van der Waals surface area contributed by atoms with Crippen molar-refractivity contribution >= 4 is 11.9 Å². The van der Waals surface area contributed by atoms with E-state index < -0.39 is 11.7 Å². The van der Waals surface area contributed by atoms with Crippen LogP contribution in [0.3, 0.4) is 0 Å². The van der Waals surface area contributed by atoms with Crippen LogP contribution in [0.15, 0.2) is 23.5 Å². The Hall–Kier alpha value is -2.22. The molecule has 0 aliphatic carbocycles. The first kappa shape index (κ1) is 19.8. The Balaban J connectivity index is 2.30. The highest BCUT2D eigenvalue weighted by Crippen LogP contribution is 2.23. The Morgan fingerprint density at radius 2 is 2.12 bits per heavy atom. The lowest BCUT2D eigenvalue weighted by Gasteiger charge is -2.22. The molecule has 134 valence electrons. The van der Waals surface area contributed by atoms with E-state index in [2.05, 4.69) is 20.4 Å². The van der Waals surface area contributed by atoms with Crippen LogP contribution < -0.4 is 10.1 Å². The zero-order valence-corrected chi connectivity index (χ0v) is 14.7. The average molecular weight is 338 g/mol. The number of nitrogens with one attached hydrogen (secondary N) is 1. The number of ether oxygens (including phenoxy) is 2. The van der Waals surface area contributed by atoms with E-state index in [1.54, 1.807) is 12.1 Å². The molecule has 1 aromatic rings. The van der Waals surface area contributed by atoms with Gasteiger partial charge in [-0.2, -0.15) is 0 Å². The minimum Gasteiger partial charge on any atom is -0.488 e. The van der Waals surface area contributed by atoms with Crippen LogP contribution in [0, 0.1) is 4.91 Å². The van der Waals surface area contributed by atoms with Crippen LogP contribution in [-0.4, -0.2) is 54.4 Å². The SMILES string of the molecule is CCN(CCNC(=O)OC(C)(C)C)CCOc1cccnc1N=O. The van der Waals surface area contributed by atoms with E-state index in [-0.39, 0.29) is 5.82 Å². The molecule has 0 spiro atoms. The third-order valence-electron chi connectivity index (χ3n) is 3.05. The summed E-state index contributed by atoms with van der Waals surface area (Å²) < 4.78 is 10.7. The molecule has 0 aliphatic rings. The van der Waals surface area contributed by atoms with E-state index in [1.165, 1.54) is 6.20 Å². The Morgan fingerprint density at radius 1 is 1.38 bits per heavy atom. The second-order valence-corrected chi connectivity index (χ2v) is 6.13. The van der Waals surface area contributed by atoms with E-state index in [0.717, 1.165) is 6.54 Å². The molecule has 0 bridgehead atoms. The van der Waals surface area contributed by atoms with E-state index >= 15 is 0 Å². The molecule has 1 rings (SSSR count). The molecule has 1 heterocycles. The van der Waals surface area contributed by atoms with Crippen LogP contribution >= 0.6 is 0 Å². The Kier molecular flexibility index (Phi) is 8.11. The molecule has 8 heteroatoms. The van der Waals surface area contributed by atoms with E-state index in [4.69, 9.17) is 9.47 Å². The zero-order chi connectivity index (χ0) is 18.0. The van der Waals surface area contributed by atoms with Crippen LogP contribution in [0.1, 0.15) is 27.7 Å². The fourth-order valence-electron chi connectivity index (χ4n) is 1.91. The largest absolute Gasteiger partial charge is 0.488 e. The van der Waals surface area contributed by atoms with Gasteiger partial charge in [0.15, 0.2) is 5.75 Å². The summed E-state index contributed by atoms with van der Waals surface area (Å²) in [5, 5.41) is 5.55. The number of aromatic nitrogens is 1. The van der Waals surface area contributed by atoms with Crippen LogP contribution in [0.4, 0.5) is 10.6 Å². The zero-order valence-electron chi connectivity index (χ0n) is 14.7. The molecular formula is C16H26N4O4. The normalized spacial score (nSPS) is 11.2. The minimum atomic E-state index is -0.504. The summed E-state index contributed by atoms with van der Waals surface area (Å²) in [5.74, 6) is 0.419. The third kappa shape index (κ3) is 7.87. The molecule has 0 aliphatic heterocycles. The monoisotopic (exact) mass is 338 g/mol. The third-order valence-corrected chi connectivity index (χ3v) is 3.05. The lowest BCUT2D eigenvalue weighted by Crippen LogP contribution is -2.39. The van der Waals surface area contributed by atoms with Gasteiger partial charge in [0.2, 0.25) is 5.82 Å². The summed E-state index contributed by atoms with van der Waals surface area (Å²) in [6.07, 6.45) is 1.07. The predicted octanol–water partition coefficient (Wildman–Crippen LogP) is 2.70. The molecular weight excluding hydrogens is 312 g/mol. The number of carbonyl (C=O) groups is 1. The smallest absolute Gasteiger partial charge is 0.407 e. The average Bonchev–Trinajstić information content (AvgIpc) is 2.52. The van der Waals surface area contributed by atoms with Crippen LogP contribution in [0.5, 0.6) is 5.75 Å². The van der Waals surface area contributed by atoms with E-state index in [9.17, 15) is 9.70 Å². The maximum atomic E-state index is 11.6. The maximum absolute atomic E-state index is 11.6. The molecule has 1 amide bonds. The standard InChI is InChI=1S/C16H26N4O4/c1-5-20(10-9-18-15(21)24-16(2,3)4)11-12-23-13-7-6-8-17-14(13)19-22/h6-8H,5,9-12H2,1-4H3,(H,18,21). The number of nitrogens with zero attached hydrogens (tertiary/aromatic N) is 3. The highest BCUT2D eigenvalue weighted by atomic mass is 16.6. The molecule has 0 saturated carbocycles. The number of hydrogen-bond acceptors (Lipinski definition) is 7. The number of nitroso groups, excluding NO2 is 1. The van der Waals surface area contributed by atoms with Crippen LogP contribution in [-0.2, 0) is 4.74 Å². The molecule has 0 radical (unpaired) electrons. The lowest BCUT2D eigenvalue weighted by molar-refractivity contribution is 0.0521. The molecule has 24 heavy (non-hydrogen) atoms. The second kappa shape index (κ2) is 9.82. The van der Waals surface area contributed by atoms with Crippen molar-refractivity contribution in [1.29, 1.82) is 0 Å². The molecule has 0 unspecified atom stereocenters. The first-order chi connectivity index (χ1) is 11.4. The summed E-state index contributed by atoms with van der Waals surface area (Å²) in [6.45, 7) is 10.5. The first-order valence-corrected chi connectivity index (χ1v) is 7.96. The lowest BCUT2D eigenvalue weighted by atomic mass is 10.2. The number of hydrogen-bond donors (Lipinski definition) is 1. The van der Waals surface area contributed by atoms with Gasteiger partial charge in [-0.3, -0.25) is 4.90 Å². The second-order valence-electron chi connectivity index (χ2n) is 6.13. The Morgan fingerprint density at radius 3 is 2.75 bits per heavy atom. The van der Waals surface area contributed by atoms with Gasteiger partial charge in [0, 0.05) is 25.8 Å². The van der Waals surface area contributed by atoms with E-state index in [0.29, 0.717) is 32.0 Å². The summed E-state index contributed by atoms with van der Waals surface area (Å²) in [5.41, 5.74) is -0.504.